The molecule has 0 unspecified atom stereocenters. The molecule has 0 aliphatic heterocycles. The Kier molecular flexibility index (Phi) is 8.29. The molecule has 2 aromatic carbocycles. The monoisotopic (exact) mass is 515 g/mol. The number of benzene rings is 2. The standard InChI is InChI=1S/C23H23ClFN7O4/c1-14(2)36-19-8-7-17(11-18(19)25)29-21-31(12-15-3-5-16(24)6-4-15)22(34)30(23(35)32(21)27)10-9-20(33)28-13-26/h3-8,11,14H,9-10,12,27H2,1-2H3,(H,28,33). The molecule has 188 valence electrons. The van der Waals surface area contributed by atoms with E-state index in [0.29, 0.717) is 15.3 Å². The van der Waals surface area contributed by atoms with Gasteiger partial charge in [-0.15, -0.1) is 0 Å². The van der Waals surface area contributed by atoms with Gasteiger partial charge in [0.2, 0.25) is 11.5 Å². The quantitative estimate of drug-likeness (QED) is 0.263. The molecule has 0 radical (unpaired) electrons. The van der Waals surface area contributed by atoms with Gasteiger partial charge in [0.25, 0.3) is 0 Å². The van der Waals surface area contributed by atoms with E-state index >= 15 is 0 Å². The van der Waals surface area contributed by atoms with Gasteiger partial charge in [0.15, 0.2) is 17.8 Å². The van der Waals surface area contributed by atoms with Crippen LogP contribution in [-0.4, -0.2) is 25.8 Å². The van der Waals surface area contributed by atoms with Crippen LogP contribution in [0.4, 0.5) is 10.1 Å². The van der Waals surface area contributed by atoms with Gasteiger partial charge in [-0.1, -0.05) is 23.7 Å². The molecule has 0 bridgehead atoms. The molecule has 0 spiro atoms. The fraction of sp³-hybridized carbons (Fsp3) is 0.261. The van der Waals surface area contributed by atoms with Crippen LogP contribution >= 0.6 is 11.6 Å². The number of hydrogen-bond donors (Lipinski definition) is 2. The number of nitrogens with zero attached hydrogens (tertiary/aromatic N) is 5. The molecule has 3 N–H and O–H groups in total. The number of halogens is 2. The Bertz CT molecular complexity index is 1500. The molecule has 1 amide bonds. The van der Waals surface area contributed by atoms with E-state index in [-0.39, 0.29) is 42.7 Å². The number of aromatic nitrogens is 3. The number of nitrogens with one attached hydrogen (secondary N) is 1. The molecule has 0 saturated carbocycles. The maximum atomic E-state index is 14.5. The number of hydrogen-bond acceptors (Lipinski definition) is 7. The van der Waals surface area contributed by atoms with Crippen LogP contribution in [0, 0.1) is 17.3 Å². The summed E-state index contributed by atoms with van der Waals surface area (Å²) in [4.78, 5) is 42.2. The first-order chi connectivity index (χ1) is 17.1. The number of ether oxygens (including phenoxy) is 1. The van der Waals surface area contributed by atoms with Gasteiger partial charge < -0.3 is 10.6 Å². The second-order valence-electron chi connectivity index (χ2n) is 7.90. The van der Waals surface area contributed by atoms with Crippen molar-refractivity contribution in [2.45, 2.75) is 39.5 Å². The maximum Gasteiger partial charge on any atom is 0.353 e. The zero-order valence-corrected chi connectivity index (χ0v) is 20.2. The third-order valence-electron chi connectivity index (χ3n) is 4.87. The van der Waals surface area contributed by atoms with Crippen molar-refractivity contribution in [1.29, 1.82) is 5.26 Å². The first-order valence-corrected chi connectivity index (χ1v) is 11.1. The van der Waals surface area contributed by atoms with E-state index in [2.05, 4.69) is 4.99 Å². The van der Waals surface area contributed by atoms with Gasteiger partial charge >= 0.3 is 11.4 Å². The minimum atomic E-state index is -0.948. The number of carbonyl (C=O) groups is 1. The molecular formula is C23H23ClFN7O4. The highest BCUT2D eigenvalue weighted by Crippen LogP contribution is 2.23. The van der Waals surface area contributed by atoms with E-state index in [1.807, 2.05) is 5.32 Å². The van der Waals surface area contributed by atoms with Crippen molar-refractivity contribution in [3.63, 3.8) is 0 Å². The third kappa shape index (κ3) is 6.19. The Labute approximate surface area is 209 Å². The van der Waals surface area contributed by atoms with E-state index < -0.39 is 23.1 Å². The molecule has 0 saturated heterocycles. The molecule has 11 nitrogen and oxygen atoms in total. The topological polar surface area (TPSA) is 149 Å². The summed E-state index contributed by atoms with van der Waals surface area (Å²) in [7, 11) is 0. The molecule has 0 aliphatic rings. The maximum absolute atomic E-state index is 14.5. The van der Waals surface area contributed by atoms with E-state index in [1.165, 1.54) is 18.3 Å². The minimum absolute atomic E-state index is 0.0224. The Hall–Kier alpha value is -4.37. The zero-order chi connectivity index (χ0) is 26.4. The van der Waals surface area contributed by atoms with Crippen molar-refractivity contribution in [2.24, 2.45) is 4.99 Å². The molecule has 3 rings (SSSR count). The summed E-state index contributed by atoms with van der Waals surface area (Å²) in [5, 5.41) is 11.0. The van der Waals surface area contributed by atoms with Crippen LogP contribution in [0.1, 0.15) is 25.8 Å². The van der Waals surface area contributed by atoms with Gasteiger partial charge in [-0.2, -0.15) is 9.94 Å². The normalized spacial score (nSPS) is 11.4. The van der Waals surface area contributed by atoms with Crippen LogP contribution in [0.2, 0.25) is 5.02 Å². The van der Waals surface area contributed by atoms with Crippen molar-refractivity contribution in [3.8, 4) is 11.9 Å². The summed E-state index contributed by atoms with van der Waals surface area (Å²) in [6, 6.07) is 10.5. The van der Waals surface area contributed by atoms with Gasteiger partial charge in [-0.05, 0) is 43.7 Å². The van der Waals surface area contributed by atoms with Crippen LogP contribution in [0.5, 0.6) is 5.75 Å². The highest BCUT2D eigenvalue weighted by Gasteiger charge is 2.15. The summed E-state index contributed by atoms with van der Waals surface area (Å²) in [6.07, 6.45) is 0.917. The lowest BCUT2D eigenvalue weighted by atomic mass is 10.2. The number of carbonyl (C=O) groups excluding carboxylic acids is 1. The number of amides is 1. The Morgan fingerprint density at radius 3 is 2.50 bits per heavy atom. The minimum Gasteiger partial charge on any atom is -0.488 e. The highest BCUT2D eigenvalue weighted by molar-refractivity contribution is 6.30. The van der Waals surface area contributed by atoms with E-state index in [4.69, 9.17) is 27.4 Å². The molecule has 0 aliphatic carbocycles. The molecule has 1 heterocycles. The first-order valence-electron chi connectivity index (χ1n) is 10.8. The van der Waals surface area contributed by atoms with Gasteiger partial charge in [0.1, 0.15) is 0 Å². The first kappa shape index (κ1) is 26.2. The Morgan fingerprint density at radius 2 is 1.89 bits per heavy atom. The summed E-state index contributed by atoms with van der Waals surface area (Å²) in [5.41, 5.74) is -1.29. The molecule has 13 heteroatoms. The largest absolute Gasteiger partial charge is 0.488 e. The van der Waals surface area contributed by atoms with Gasteiger partial charge in [-0.3, -0.25) is 14.7 Å². The van der Waals surface area contributed by atoms with Crippen LogP contribution < -0.4 is 32.9 Å². The lowest BCUT2D eigenvalue weighted by Gasteiger charge is -2.14. The van der Waals surface area contributed by atoms with Crippen molar-refractivity contribution in [1.82, 2.24) is 19.1 Å². The van der Waals surface area contributed by atoms with Crippen LogP contribution in [0.15, 0.2) is 57.0 Å². The fourth-order valence-electron chi connectivity index (χ4n) is 3.24. The molecule has 0 atom stereocenters. The Balaban J connectivity index is 2.18. The average molecular weight is 516 g/mol. The number of rotatable bonds is 8. The van der Waals surface area contributed by atoms with Crippen molar-refractivity contribution < 1.29 is 13.9 Å². The molecular weight excluding hydrogens is 493 g/mol. The molecule has 36 heavy (non-hydrogen) atoms. The molecule has 3 aromatic rings. The smallest absolute Gasteiger partial charge is 0.353 e. The number of nitriles is 1. The molecule has 1 aromatic heterocycles. The van der Waals surface area contributed by atoms with E-state index in [0.717, 1.165) is 15.2 Å². The van der Waals surface area contributed by atoms with Crippen LogP contribution in [0.25, 0.3) is 0 Å². The lowest BCUT2D eigenvalue weighted by molar-refractivity contribution is -0.120. The third-order valence-corrected chi connectivity index (χ3v) is 5.13. The predicted molar refractivity (Wildman–Crippen MR) is 129 cm³/mol. The SMILES string of the molecule is CC(C)Oc1ccc(N=c2n(N)c(=O)n(CCC(=O)NC#N)c(=O)n2Cc2ccc(Cl)cc2)cc1F. The zero-order valence-electron chi connectivity index (χ0n) is 19.4. The van der Waals surface area contributed by atoms with Gasteiger partial charge in [0, 0.05) is 24.1 Å². The number of nitrogen functional groups attached to an aromatic ring is 1. The van der Waals surface area contributed by atoms with Gasteiger partial charge in [0.05, 0.1) is 18.3 Å². The Morgan fingerprint density at radius 1 is 1.19 bits per heavy atom. The summed E-state index contributed by atoms with van der Waals surface area (Å²) in [5.74, 6) is 4.68. The lowest BCUT2D eigenvalue weighted by Crippen LogP contribution is -2.57. The van der Waals surface area contributed by atoms with Crippen molar-refractivity contribution in [3.05, 3.63) is 85.5 Å². The molecule has 0 fully saturated rings. The van der Waals surface area contributed by atoms with Crippen LogP contribution in [0.3, 0.4) is 0 Å². The van der Waals surface area contributed by atoms with Gasteiger partial charge in [-0.25, -0.2) is 23.5 Å². The highest BCUT2D eigenvalue weighted by atomic mass is 35.5. The van der Waals surface area contributed by atoms with E-state index in [9.17, 15) is 18.8 Å². The predicted octanol–water partition coefficient (Wildman–Crippen LogP) is 1.37. The van der Waals surface area contributed by atoms with Crippen molar-refractivity contribution in [2.75, 3.05) is 5.84 Å². The summed E-state index contributed by atoms with van der Waals surface area (Å²) in [6.45, 7) is 3.11. The van der Waals surface area contributed by atoms with Crippen molar-refractivity contribution >= 4 is 23.2 Å². The summed E-state index contributed by atoms with van der Waals surface area (Å²) < 4.78 is 22.4. The fourth-order valence-corrected chi connectivity index (χ4v) is 3.36. The van der Waals surface area contributed by atoms with Crippen LogP contribution in [-0.2, 0) is 17.9 Å². The average Bonchev–Trinajstić information content (AvgIpc) is 2.82. The van der Waals surface area contributed by atoms with E-state index in [1.54, 1.807) is 38.1 Å². The second kappa shape index (κ2) is 11.4. The number of nitrogens with two attached hydrogens (primary N) is 1. The summed E-state index contributed by atoms with van der Waals surface area (Å²) >= 11 is 5.95. The second-order valence-corrected chi connectivity index (χ2v) is 8.34.